The van der Waals surface area contributed by atoms with E-state index < -0.39 is 5.82 Å². The van der Waals surface area contributed by atoms with Gasteiger partial charge in [-0.1, -0.05) is 37.3 Å². The number of amides is 2. The van der Waals surface area contributed by atoms with Gasteiger partial charge in [-0.3, -0.25) is 9.59 Å². The third-order valence-corrected chi connectivity index (χ3v) is 7.71. The lowest BCUT2D eigenvalue weighted by atomic mass is 10.00. The minimum atomic E-state index is -0.432. The van der Waals surface area contributed by atoms with Crippen molar-refractivity contribution < 1.29 is 18.7 Å². The first-order chi connectivity index (χ1) is 16.9. The number of ether oxygens (including phenoxy) is 1. The normalized spacial score (nSPS) is 15.9. The van der Waals surface area contributed by atoms with E-state index in [1.54, 1.807) is 45.4 Å². The Kier molecular flexibility index (Phi) is 7.86. The number of carbonyl (C=O) groups is 2. The highest BCUT2D eigenvalue weighted by atomic mass is 32.1. The number of para-hydroxylation sites is 1. The molecule has 0 spiro atoms. The number of hydrogen-bond acceptors (Lipinski definition) is 4. The maximum atomic E-state index is 14.2. The van der Waals surface area contributed by atoms with E-state index in [4.69, 9.17) is 4.74 Å². The molecule has 5 nitrogen and oxygen atoms in total. The molecule has 3 aromatic rings. The van der Waals surface area contributed by atoms with E-state index in [0.29, 0.717) is 12.1 Å². The predicted octanol–water partition coefficient (Wildman–Crippen LogP) is 5.64. The van der Waals surface area contributed by atoms with Crippen LogP contribution in [0.1, 0.15) is 52.7 Å². The van der Waals surface area contributed by atoms with Crippen LogP contribution in [-0.2, 0) is 11.2 Å². The molecule has 1 aromatic heterocycles. The second-order valence-electron chi connectivity index (χ2n) is 8.90. The van der Waals surface area contributed by atoms with Gasteiger partial charge in [-0.15, -0.1) is 11.3 Å². The van der Waals surface area contributed by atoms with Crippen molar-refractivity contribution in [1.82, 2.24) is 9.80 Å². The van der Waals surface area contributed by atoms with Gasteiger partial charge in [0.2, 0.25) is 5.91 Å². The molecule has 2 heterocycles. The fourth-order valence-electron chi connectivity index (χ4n) is 4.46. The molecule has 0 aliphatic carbocycles. The van der Waals surface area contributed by atoms with Crippen LogP contribution in [0.2, 0.25) is 0 Å². The second kappa shape index (κ2) is 11.0. The summed E-state index contributed by atoms with van der Waals surface area (Å²) in [6.45, 7) is 6.54. The fourth-order valence-corrected chi connectivity index (χ4v) is 5.39. The Balaban J connectivity index is 1.57. The van der Waals surface area contributed by atoms with Crippen LogP contribution in [0.3, 0.4) is 0 Å². The summed E-state index contributed by atoms with van der Waals surface area (Å²) in [5.74, 6) is -0.541. The number of benzene rings is 2. The van der Waals surface area contributed by atoms with E-state index in [1.165, 1.54) is 10.9 Å². The molecule has 0 N–H and O–H groups in total. The van der Waals surface area contributed by atoms with Crippen LogP contribution in [0.5, 0.6) is 5.75 Å². The third-order valence-electron chi connectivity index (χ3n) is 6.71. The average molecular weight is 495 g/mol. The number of thiophene rings is 1. The van der Waals surface area contributed by atoms with E-state index >= 15 is 0 Å². The number of fused-ring (bicyclic) bond motifs is 1. The summed E-state index contributed by atoms with van der Waals surface area (Å²) in [6, 6.07) is 15.3. The molecule has 2 aromatic carbocycles. The van der Waals surface area contributed by atoms with Gasteiger partial charge in [-0.05, 0) is 67.5 Å². The van der Waals surface area contributed by atoms with Gasteiger partial charge >= 0.3 is 0 Å². The highest BCUT2D eigenvalue weighted by Gasteiger charge is 2.34. The molecule has 1 aliphatic rings. The maximum absolute atomic E-state index is 14.2. The van der Waals surface area contributed by atoms with Crippen LogP contribution < -0.4 is 4.74 Å². The van der Waals surface area contributed by atoms with Crippen LogP contribution in [0.4, 0.5) is 4.39 Å². The summed E-state index contributed by atoms with van der Waals surface area (Å²) in [6.07, 6.45) is 1.49. The summed E-state index contributed by atoms with van der Waals surface area (Å²) in [7, 11) is 0. The molecule has 7 heteroatoms. The van der Waals surface area contributed by atoms with Crippen molar-refractivity contribution in [2.75, 3.05) is 19.7 Å². The Morgan fingerprint density at radius 1 is 1.17 bits per heavy atom. The third kappa shape index (κ3) is 5.40. The lowest BCUT2D eigenvalue weighted by Gasteiger charge is -2.38. The van der Waals surface area contributed by atoms with E-state index in [9.17, 15) is 14.0 Å². The fraction of sp³-hybridized carbons (Fsp3) is 0.357. The number of aryl methyl sites for hydroxylation is 1. The molecule has 0 radical (unpaired) electrons. The van der Waals surface area contributed by atoms with Gasteiger partial charge in [0.1, 0.15) is 13.2 Å². The van der Waals surface area contributed by atoms with E-state index in [1.807, 2.05) is 50.4 Å². The highest BCUT2D eigenvalue weighted by Crippen LogP contribution is 2.34. The standard InChI is InChI=1S/C28H31FN2O3S/c1-4-20(3)31(28(33)21-10-6-5-9-19(21)2)17-27(32)30-15-13-26-22(14-16-35-26)24(30)18-34-25-12-8-7-11-23(25)29/h5-12,14,16,20,24H,4,13,15,17-18H2,1-3H3/t20-,24+/m1/s1. The molecule has 0 fully saturated rings. The summed E-state index contributed by atoms with van der Waals surface area (Å²) in [5.41, 5.74) is 2.53. The number of halogens is 1. The first kappa shape index (κ1) is 24.9. The van der Waals surface area contributed by atoms with Crippen molar-refractivity contribution in [3.63, 3.8) is 0 Å². The molecule has 0 unspecified atom stereocenters. The molecule has 184 valence electrons. The molecule has 2 atom stereocenters. The Hall–Kier alpha value is -3.19. The molecule has 0 saturated heterocycles. The SMILES string of the molecule is CC[C@@H](C)N(CC(=O)N1CCc2sccc2[C@@H]1COc1ccccc1F)C(=O)c1ccccc1C. The molecular weight excluding hydrogens is 463 g/mol. The molecule has 4 rings (SSSR count). The van der Waals surface area contributed by atoms with Crippen molar-refractivity contribution in [2.45, 2.75) is 45.7 Å². The van der Waals surface area contributed by atoms with Crippen molar-refractivity contribution in [1.29, 1.82) is 0 Å². The van der Waals surface area contributed by atoms with Gasteiger partial charge in [-0.25, -0.2) is 4.39 Å². The van der Waals surface area contributed by atoms with Crippen LogP contribution in [0.15, 0.2) is 60.0 Å². The molecule has 35 heavy (non-hydrogen) atoms. The second-order valence-corrected chi connectivity index (χ2v) is 9.90. The van der Waals surface area contributed by atoms with E-state index in [2.05, 4.69) is 0 Å². The Bertz CT molecular complexity index is 1190. The van der Waals surface area contributed by atoms with Gasteiger partial charge in [0.15, 0.2) is 11.6 Å². The van der Waals surface area contributed by atoms with Gasteiger partial charge < -0.3 is 14.5 Å². The predicted molar refractivity (Wildman–Crippen MR) is 136 cm³/mol. The van der Waals surface area contributed by atoms with Gasteiger partial charge in [0.05, 0.1) is 6.04 Å². The van der Waals surface area contributed by atoms with Crippen LogP contribution in [-0.4, -0.2) is 47.4 Å². The summed E-state index contributed by atoms with van der Waals surface area (Å²) >= 11 is 1.66. The average Bonchev–Trinajstić information content (AvgIpc) is 3.35. The van der Waals surface area contributed by atoms with Crippen molar-refractivity contribution in [3.05, 3.63) is 87.4 Å². The van der Waals surface area contributed by atoms with Gasteiger partial charge in [0, 0.05) is 23.0 Å². The summed E-state index contributed by atoms with van der Waals surface area (Å²) in [4.78, 5) is 31.8. The van der Waals surface area contributed by atoms with Crippen molar-refractivity contribution in [3.8, 4) is 5.75 Å². The van der Waals surface area contributed by atoms with E-state index in [-0.39, 0.29) is 42.8 Å². The number of nitrogens with zero attached hydrogens (tertiary/aromatic N) is 2. The van der Waals surface area contributed by atoms with Crippen LogP contribution in [0, 0.1) is 12.7 Å². The smallest absolute Gasteiger partial charge is 0.254 e. The maximum Gasteiger partial charge on any atom is 0.254 e. The largest absolute Gasteiger partial charge is 0.488 e. The number of rotatable bonds is 8. The minimum absolute atomic E-state index is 0.0160. The monoisotopic (exact) mass is 494 g/mol. The first-order valence-electron chi connectivity index (χ1n) is 12.0. The topological polar surface area (TPSA) is 49.9 Å². The van der Waals surface area contributed by atoms with E-state index in [0.717, 1.165) is 24.0 Å². The summed E-state index contributed by atoms with van der Waals surface area (Å²) in [5, 5.41) is 2.02. The zero-order valence-electron chi connectivity index (χ0n) is 20.4. The Labute approximate surface area is 210 Å². The molecule has 2 amide bonds. The molecule has 0 saturated carbocycles. The van der Waals surface area contributed by atoms with Crippen LogP contribution >= 0.6 is 11.3 Å². The van der Waals surface area contributed by atoms with Crippen LogP contribution in [0.25, 0.3) is 0 Å². The van der Waals surface area contributed by atoms with Crippen molar-refractivity contribution in [2.24, 2.45) is 0 Å². The molecule has 0 bridgehead atoms. The number of carbonyl (C=O) groups excluding carboxylic acids is 2. The Morgan fingerprint density at radius 2 is 1.91 bits per heavy atom. The van der Waals surface area contributed by atoms with Crippen molar-refractivity contribution >= 4 is 23.2 Å². The molecule has 1 aliphatic heterocycles. The minimum Gasteiger partial charge on any atom is -0.488 e. The van der Waals surface area contributed by atoms with Gasteiger partial charge in [0.25, 0.3) is 5.91 Å². The summed E-state index contributed by atoms with van der Waals surface area (Å²) < 4.78 is 20.0. The first-order valence-corrected chi connectivity index (χ1v) is 12.9. The highest BCUT2D eigenvalue weighted by molar-refractivity contribution is 7.10. The zero-order valence-corrected chi connectivity index (χ0v) is 21.2. The lowest BCUT2D eigenvalue weighted by molar-refractivity contribution is -0.136. The quantitative estimate of drug-likeness (QED) is 0.407. The number of hydrogen-bond donors (Lipinski definition) is 0. The zero-order chi connectivity index (χ0) is 24.9. The Morgan fingerprint density at radius 3 is 2.66 bits per heavy atom. The molecular formula is C28H31FN2O3S. The lowest BCUT2D eigenvalue weighted by Crippen LogP contribution is -2.50. The van der Waals surface area contributed by atoms with Gasteiger partial charge in [-0.2, -0.15) is 0 Å².